The molecule has 20 heavy (non-hydrogen) atoms. The Morgan fingerprint density at radius 3 is 2.80 bits per heavy atom. The van der Waals surface area contributed by atoms with Gasteiger partial charge in [-0.2, -0.15) is 0 Å². The molecule has 1 aromatic carbocycles. The van der Waals surface area contributed by atoms with Crippen molar-refractivity contribution in [3.05, 3.63) is 45.3 Å². The summed E-state index contributed by atoms with van der Waals surface area (Å²) >= 11 is 7.93. The molecule has 0 N–H and O–H groups in total. The van der Waals surface area contributed by atoms with Crippen LogP contribution in [0, 0.1) is 0 Å². The lowest BCUT2D eigenvalue weighted by Gasteiger charge is -2.19. The number of halogens is 1. The maximum atomic E-state index is 12.0. The highest BCUT2D eigenvalue weighted by Gasteiger charge is 2.24. The lowest BCUT2D eigenvalue weighted by Crippen LogP contribution is -2.17. The minimum absolute atomic E-state index is 0.165. The van der Waals surface area contributed by atoms with Crippen LogP contribution >= 0.6 is 23.4 Å². The van der Waals surface area contributed by atoms with E-state index >= 15 is 0 Å². The Morgan fingerprint density at radius 2 is 2.05 bits per heavy atom. The molecule has 3 nitrogen and oxygen atoms in total. The molecule has 0 fully saturated rings. The quantitative estimate of drug-likeness (QED) is 0.805. The molecule has 0 aliphatic carbocycles. The highest BCUT2D eigenvalue weighted by Crippen LogP contribution is 2.41. The molecule has 3 rings (SSSR count). The van der Waals surface area contributed by atoms with Gasteiger partial charge in [-0.1, -0.05) is 29.8 Å². The number of fused-ring (bicyclic) bond motifs is 3. The SMILES string of the molecule is CN(C)c1c2c(oc(=O)c1Cl)-c1ccccc1SCC2. The number of benzene rings is 1. The van der Waals surface area contributed by atoms with Crippen molar-refractivity contribution >= 4 is 29.1 Å². The van der Waals surface area contributed by atoms with Gasteiger partial charge in [-0.25, -0.2) is 4.79 Å². The molecule has 0 bridgehead atoms. The van der Waals surface area contributed by atoms with Crippen LogP contribution in [-0.2, 0) is 6.42 Å². The van der Waals surface area contributed by atoms with E-state index in [9.17, 15) is 4.79 Å². The number of thioether (sulfide) groups is 1. The van der Waals surface area contributed by atoms with E-state index < -0.39 is 5.63 Å². The van der Waals surface area contributed by atoms with Gasteiger partial charge in [0.25, 0.3) is 0 Å². The average molecular weight is 308 g/mol. The second-order valence-corrected chi connectivity index (χ2v) is 6.36. The van der Waals surface area contributed by atoms with Crippen molar-refractivity contribution in [2.75, 3.05) is 24.7 Å². The summed E-state index contributed by atoms with van der Waals surface area (Å²) in [7, 11) is 3.79. The lowest BCUT2D eigenvalue weighted by atomic mass is 10.0. The molecule has 0 radical (unpaired) electrons. The van der Waals surface area contributed by atoms with Crippen LogP contribution in [0.4, 0.5) is 5.69 Å². The molecular formula is C15H14ClNO2S. The predicted molar refractivity (Wildman–Crippen MR) is 84.2 cm³/mol. The standard InChI is InChI=1S/C15H14ClNO2S/c1-17(2)13-10-7-8-20-11-6-4-3-5-9(11)14(10)19-15(18)12(13)16/h3-6H,7-8H2,1-2H3. The van der Waals surface area contributed by atoms with E-state index in [2.05, 4.69) is 6.07 Å². The van der Waals surface area contributed by atoms with E-state index in [-0.39, 0.29) is 5.02 Å². The molecule has 104 valence electrons. The van der Waals surface area contributed by atoms with Crippen LogP contribution in [0.1, 0.15) is 5.56 Å². The molecule has 0 unspecified atom stereocenters. The van der Waals surface area contributed by atoms with Crippen molar-refractivity contribution in [2.24, 2.45) is 0 Å². The average Bonchev–Trinajstić information content (AvgIpc) is 2.59. The second-order valence-electron chi connectivity index (χ2n) is 4.85. The number of hydrogen-bond donors (Lipinski definition) is 0. The molecule has 1 aromatic heterocycles. The largest absolute Gasteiger partial charge is 0.421 e. The zero-order valence-corrected chi connectivity index (χ0v) is 12.8. The zero-order valence-electron chi connectivity index (χ0n) is 11.3. The fraction of sp³-hybridized carbons (Fsp3) is 0.267. The normalized spacial score (nSPS) is 13.3. The molecule has 2 heterocycles. The maximum absolute atomic E-state index is 12.0. The topological polar surface area (TPSA) is 33.5 Å². The van der Waals surface area contributed by atoms with Crippen LogP contribution in [0.25, 0.3) is 11.3 Å². The van der Waals surface area contributed by atoms with Gasteiger partial charge < -0.3 is 9.32 Å². The lowest BCUT2D eigenvalue weighted by molar-refractivity contribution is 0.520. The van der Waals surface area contributed by atoms with Gasteiger partial charge in [0, 0.05) is 35.9 Å². The Hall–Kier alpha value is -1.39. The zero-order chi connectivity index (χ0) is 14.3. The van der Waals surface area contributed by atoms with E-state index in [0.717, 1.165) is 33.9 Å². The fourth-order valence-corrected chi connectivity index (χ4v) is 3.83. The summed E-state index contributed by atoms with van der Waals surface area (Å²) in [5, 5.41) is 0.165. The molecule has 1 aliphatic heterocycles. The van der Waals surface area contributed by atoms with Crippen molar-refractivity contribution in [1.82, 2.24) is 0 Å². The van der Waals surface area contributed by atoms with Gasteiger partial charge in [0.1, 0.15) is 10.8 Å². The summed E-state index contributed by atoms with van der Waals surface area (Å²) in [5.74, 6) is 1.60. The molecule has 0 amide bonds. The predicted octanol–water partition coefficient (Wildman–Crippen LogP) is 3.67. The molecule has 1 aliphatic rings. The van der Waals surface area contributed by atoms with Crippen LogP contribution in [-0.4, -0.2) is 19.8 Å². The second kappa shape index (κ2) is 5.19. The fourth-order valence-electron chi connectivity index (χ4n) is 2.49. The van der Waals surface area contributed by atoms with Gasteiger partial charge in [-0.05, 0) is 12.5 Å². The van der Waals surface area contributed by atoms with Crippen molar-refractivity contribution in [2.45, 2.75) is 11.3 Å². The molecule has 0 saturated carbocycles. The number of nitrogens with zero attached hydrogens (tertiary/aromatic N) is 1. The Kier molecular flexibility index (Phi) is 3.52. The number of rotatable bonds is 1. The Labute approximate surface area is 126 Å². The molecule has 0 atom stereocenters. The highest BCUT2D eigenvalue weighted by molar-refractivity contribution is 7.99. The summed E-state index contributed by atoms with van der Waals surface area (Å²) in [5.41, 5.74) is 2.28. The summed E-state index contributed by atoms with van der Waals surface area (Å²) < 4.78 is 5.50. The first-order valence-corrected chi connectivity index (χ1v) is 7.71. The molecular weight excluding hydrogens is 294 g/mol. The molecule has 0 spiro atoms. The van der Waals surface area contributed by atoms with Crippen LogP contribution in [0.3, 0.4) is 0 Å². The minimum Gasteiger partial charge on any atom is -0.421 e. The van der Waals surface area contributed by atoms with E-state index in [0.29, 0.717) is 5.76 Å². The summed E-state index contributed by atoms with van der Waals surface area (Å²) in [6.45, 7) is 0. The third-order valence-electron chi connectivity index (χ3n) is 3.33. The van der Waals surface area contributed by atoms with Crippen molar-refractivity contribution in [3.8, 4) is 11.3 Å². The van der Waals surface area contributed by atoms with Gasteiger partial charge in [-0.3, -0.25) is 0 Å². The van der Waals surface area contributed by atoms with Gasteiger partial charge >= 0.3 is 5.63 Å². The minimum atomic E-state index is -0.476. The first-order valence-electron chi connectivity index (χ1n) is 6.34. The Bertz CT molecular complexity index is 724. The van der Waals surface area contributed by atoms with Gasteiger partial charge in [0.15, 0.2) is 0 Å². The summed E-state index contributed by atoms with van der Waals surface area (Å²) in [4.78, 5) is 15.0. The van der Waals surface area contributed by atoms with Crippen LogP contribution < -0.4 is 10.5 Å². The monoisotopic (exact) mass is 307 g/mol. The first kappa shape index (κ1) is 13.6. The Morgan fingerprint density at radius 1 is 1.30 bits per heavy atom. The number of anilines is 1. The third kappa shape index (κ3) is 2.13. The maximum Gasteiger partial charge on any atom is 0.357 e. The molecule has 2 aromatic rings. The Balaban J connectivity index is 2.37. The van der Waals surface area contributed by atoms with Crippen LogP contribution in [0.15, 0.2) is 38.4 Å². The van der Waals surface area contributed by atoms with E-state index in [4.69, 9.17) is 16.0 Å². The first-order chi connectivity index (χ1) is 9.59. The van der Waals surface area contributed by atoms with Crippen molar-refractivity contribution in [1.29, 1.82) is 0 Å². The molecule has 5 heteroatoms. The summed E-state index contributed by atoms with van der Waals surface area (Å²) in [6.07, 6.45) is 0.825. The smallest absolute Gasteiger partial charge is 0.357 e. The van der Waals surface area contributed by atoms with E-state index in [1.165, 1.54) is 0 Å². The van der Waals surface area contributed by atoms with Gasteiger partial charge in [0.2, 0.25) is 0 Å². The van der Waals surface area contributed by atoms with Crippen molar-refractivity contribution in [3.63, 3.8) is 0 Å². The highest BCUT2D eigenvalue weighted by atomic mass is 35.5. The van der Waals surface area contributed by atoms with Crippen LogP contribution in [0.2, 0.25) is 5.02 Å². The third-order valence-corrected chi connectivity index (χ3v) is 4.74. The number of hydrogen-bond acceptors (Lipinski definition) is 4. The van der Waals surface area contributed by atoms with Crippen molar-refractivity contribution < 1.29 is 4.42 Å². The van der Waals surface area contributed by atoms with Crippen LogP contribution in [0.5, 0.6) is 0 Å². The van der Waals surface area contributed by atoms with E-state index in [1.54, 1.807) is 11.8 Å². The van der Waals surface area contributed by atoms with E-state index in [1.807, 2.05) is 37.2 Å². The molecule has 0 saturated heterocycles. The van der Waals surface area contributed by atoms with Gasteiger partial charge in [-0.15, -0.1) is 11.8 Å². The summed E-state index contributed by atoms with van der Waals surface area (Å²) in [6, 6.07) is 8.00. The van der Waals surface area contributed by atoms with Gasteiger partial charge in [0.05, 0.1) is 5.69 Å².